The van der Waals surface area contributed by atoms with Crippen LogP contribution in [0, 0.1) is 0 Å². The summed E-state index contributed by atoms with van der Waals surface area (Å²) in [6.07, 6.45) is 3.46. The average molecular weight is 259 g/mol. The maximum atomic E-state index is 11.5. The van der Waals surface area contributed by atoms with Crippen LogP contribution in [0.25, 0.3) is 0 Å². The fourth-order valence-electron chi connectivity index (χ4n) is 1.10. The Morgan fingerprint density at radius 2 is 1.50 bits per heavy atom. The van der Waals surface area contributed by atoms with Gasteiger partial charge in [-0.05, 0) is 12.8 Å². The van der Waals surface area contributed by atoms with Gasteiger partial charge in [0.1, 0.15) is 0 Å². The van der Waals surface area contributed by atoms with Crippen LogP contribution >= 0.6 is 0 Å². The van der Waals surface area contributed by atoms with E-state index < -0.39 is 18.0 Å². The molecule has 0 aliphatic rings. The Bertz CT molecular complexity index is 245. The monoisotopic (exact) mass is 259 g/mol. The number of unbranched alkanes of at least 4 members (excludes halogenated alkanes) is 2. The summed E-state index contributed by atoms with van der Waals surface area (Å²) in [5.41, 5.74) is 0. The van der Waals surface area contributed by atoms with Gasteiger partial charge in [0.15, 0.2) is 0 Å². The molecule has 0 rings (SSSR count). The highest BCUT2D eigenvalue weighted by atomic mass is 16.6. The number of esters is 2. The number of rotatable bonds is 10. The Hall–Kier alpha value is -1.59. The Labute approximate surface area is 107 Å². The van der Waals surface area contributed by atoms with Crippen molar-refractivity contribution >= 4 is 18.3 Å². The Balaban J connectivity index is 4.21. The van der Waals surface area contributed by atoms with E-state index in [0.29, 0.717) is 12.8 Å². The summed E-state index contributed by atoms with van der Waals surface area (Å²) in [5, 5.41) is 2.11. The minimum atomic E-state index is -1.36. The van der Waals surface area contributed by atoms with Crippen molar-refractivity contribution in [3.05, 3.63) is 0 Å². The van der Waals surface area contributed by atoms with Gasteiger partial charge in [0, 0.05) is 0 Å². The van der Waals surface area contributed by atoms with Crippen molar-refractivity contribution in [1.29, 1.82) is 0 Å². The molecule has 0 fully saturated rings. The maximum absolute atomic E-state index is 11.5. The van der Waals surface area contributed by atoms with Crippen molar-refractivity contribution in [2.24, 2.45) is 0 Å². The van der Waals surface area contributed by atoms with Crippen LogP contribution in [0.3, 0.4) is 0 Å². The van der Waals surface area contributed by atoms with Crippen molar-refractivity contribution in [3.8, 4) is 0 Å². The molecule has 18 heavy (non-hydrogen) atoms. The summed E-state index contributed by atoms with van der Waals surface area (Å²) in [6, 6.07) is -1.36. The molecule has 0 aromatic heterocycles. The zero-order chi connectivity index (χ0) is 13.8. The maximum Gasteiger partial charge on any atom is 0.340 e. The first kappa shape index (κ1) is 16.4. The van der Waals surface area contributed by atoms with Crippen LogP contribution < -0.4 is 5.32 Å². The van der Waals surface area contributed by atoms with E-state index in [-0.39, 0.29) is 19.6 Å². The summed E-state index contributed by atoms with van der Waals surface area (Å²) < 4.78 is 9.73. The third-order valence-electron chi connectivity index (χ3n) is 2.19. The molecule has 0 aliphatic heterocycles. The molecule has 0 aromatic rings. The first-order valence-corrected chi connectivity index (χ1v) is 6.20. The molecule has 0 aliphatic carbocycles. The van der Waals surface area contributed by atoms with E-state index in [1.165, 1.54) is 0 Å². The zero-order valence-corrected chi connectivity index (χ0v) is 10.9. The molecule has 1 amide bonds. The van der Waals surface area contributed by atoms with Gasteiger partial charge in [0.05, 0.1) is 13.2 Å². The number of ether oxygens (including phenoxy) is 2. The fourth-order valence-corrected chi connectivity index (χ4v) is 1.10. The molecule has 0 atom stereocenters. The standard InChI is InChI=1S/C12H21NO5/c1-3-5-7-17-11(15)10(13-9-14)12(16)18-8-6-4-2/h9-10H,3-8H2,1-2H3,(H,13,14). The highest BCUT2D eigenvalue weighted by molar-refractivity contribution is 6.00. The summed E-state index contributed by atoms with van der Waals surface area (Å²) in [4.78, 5) is 33.4. The quantitative estimate of drug-likeness (QED) is 0.271. The van der Waals surface area contributed by atoms with Gasteiger partial charge in [-0.2, -0.15) is 0 Å². The molecule has 0 aromatic carbocycles. The summed E-state index contributed by atoms with van der Waals surface area (Å²) in [5.74, 6) is -1.56. The van der Waals surface area contributed by atoms with Crippen molar-refractivity contribution < 1.29 is 23.9 Å². The molecule has 0 bridgehead atoms. The average Bonchev–Trinajstić information content (AvgIpc) is 2.36. The van der Waals surface area contributed by atoms with Crippen LogP contribution in [0.4, 0.5) is 0 Å². The van der Waals surface area contributed by atoms with Crippen molar-refractivity contribution in [1.82, 2.24) is 5.32 Å². The lowest BCUT2D eigenvalue weighted by Crippen LogP contribution is -2.45. The van der Waals surface area contributed by atoms with Crippen molar-refractivity contribution in [2.75, 3.05) is 13.2 Å². The second-order valence-corrected chi connectivity index (χ2v) is 3.76. The van der Waals surface area contributed by atoms with E-state index in [9.17, 15) is 14.4 Å². The minimum absolute atomic E-state index is 0.231. The SMILES string of the molecule is CCCCOC(=O)C(NC=O)C(=O)OCCCC. The van der Waals surface area contributed by atoms with Gasteiger partial charge >= 0.3 is 11.9 Å². The van der Waals surface area contributed by atoms with Gasteiger partial charge in [-0.3, -0.25) is 4.79 Å². The lowest BCUT2D eigenvalue weighted by Gasteiger charge is -2.14. The number of hydrogen-bond acceptors (Lipinski definition) is 5. The normalized spacial score (nSPS) is 9.94. The molecule has 0 unspecified atom stereocenters. The van der Waals surface area contributed by atoms with E-state index >= 15 is 0 Å². The molecule has 1 N–H and O–H groups in total. The number of carbonyl (C=O) groups is 3. The van der Waals surface area contributed by atoms with Crippen LogP contribution in [-0.4, -0.2) is 37.6 Å². The molecule has 0 saturated heterocycles. The number of hydrogen-bond donors (Lipinski definition) is 1. The first-order valence-electron chi connectivity index (χ1n) is 6.20. The van der Waals surface area contributed by atoms with Gasteiger partial charge in [-0.25, -0.2) is 9.59 Å². The number of amides is 1. The molecule has 6 heteroatoms. The first-order chi connectivity index (χ1) is 8.67. The highest BCUT2D eigenvalue weighted by Crippen LogP contribution is 1.98. The van der Waals surface area contributed by atoms with Crippen LogP contribution in [0.1, 0.15) is 39.5 Å². The van der Waals surface area contributed by atoms with Gasteiger partial charge in [0.25, 0.3) is 0 Å². The molecule has 6 nitrogen and oxygen atoms in total. The van der Waals surface area contributed by atoms with Crippen LogP contribution in [0.2, 0.25) is 0 Å². The second kappa shape index (κ2) is 10.6. The third kappa shape index (κ3) is 6.88. The lowest BCUT2D eigenvalue weighted by atomic mass is 10.3. The van der Waals surface area contributed by atoms with Crippen LogP contribution in [0.15, 0.2) is 0 Å². The number of nitrogens with one attached hydrogen (secondary N) is 1. The molecule has 0 spiro atoms. The largest absolute Gasteiger partial charge is 0.464 e. The summed E-state index contributed by atoms with van der Waals surface area (Å²) in [7, 11) is 0. The third-order valence-corrected chi connectivity index (χ3v) is 2.19. The van der Waals surface area contributed by atoms with Gasteiger partial charge < -0.3 is 14.8 Å². The fraction of sp³-hybridized carbons (Fsp3) is 0.750. The molecular formula is C12H21NO5. The van der Waals surface area contributed by atoms with E-state index in [0.717, 1.165) is 12.8 Å². The van der Waals surface area contributed by atoms with Crippen molar-refractivity contribution in [3.63, 3.8) is 0 Å². The summed E-state index contributed by atoms with van der Waals surface area (Å²) >= 11 is 0. The Morgan fingerprint density at radius 1 is 1.06 bits per heavy atom. The molecule has 0 heterocycles. The Kier molecular flexibility index (Phi) is 9.62. The van der Waals surface area contributed by atoms with Gasteiger partial charge in [-0.1, -0.05) is 26.7 Å². The van der Waals surface area contributed by atoms with Crippen LogP contribution in [0.5, 0.6) is 0 Å². The predicted octanol–water partition coefficient (Wildman–Crippen LogP) is 0.788. The van der Waals surface area contributed by atoms with Crippen molar-refractivity contribution in [2.45, 2.75) is 45.6 Å². The highest BCUT2D eigenvalue weighted by Gasteiger charge is 2.29. The molecular weight excluding hydrogens is 238 g/mol. The molecule has 0 saturated carbocycles. The Morgan fingerprint density at radius 3 is 1.83 bits per heavy atom. The number of carbonyl (C=O) groups excluding carboxylic acids is 3. The predicted molar refractivity (Wildman–Crippen MR) is 64.7 cm³/mol. The van der Waals surface area contributed by atoms with E-state index in [1.807, 2.05) is 13.8 Å². The second-order valence-electron chi connectivity index (χ2n) is 3.76. The van der Waals surface area contributed by atoms with Gasteiger partial charge in [0.2, 0.25) is 12.5 Å². The molecule has 104 valence electrons. The topological polar surface area (TPSA) is 81.7 Å². The summed E-state index contributed by atoms with van der Waals surface area (Å²) in [6.45, 7) is 4.37. The smallest absolute Gasteiger partial charge is 0.340 e. The lowest BCUT2D eigenvalue weighted by molar-refractivity contribution is -0.159. The molecule has 0 radical (unpaired) electrons. The van der Waals surface area contributed by atoms with Gasteiger partial charge in [-0.15, -0.1) is 0 Å². The zero-order valence-electron chi connectivity index (χ0n) is 10.9. The van der Waals surface area contributed by atoms with E-state index in [2.05, 4.69) is 5.32 Å². The van der Waals surface area contributed by atoms with Crippen LogP contribution in [-0.2, 0) is 23.9 Å². The van der Waals surface area contributed by atoms with E-state index in [4.69, 9.17) is 9.47 Å². The minimum Gasteiger partial charge on any atom is -0.464 e. The van der Waals surface area contributed by atoms with E-state index in [1.54, 1.807) is 0 Å².